The van der Waals surface area contributed by atoms with Crippen LogP contribution in [0, 0.1) is 5.82 Å². The maximum absolute atomic E-state index is 14.2. The van der Waals surface area contributed by atoms with Crippen molar-refractivity contribution in [1.82, 2.24) is 0 Å². The van der Waals surface area contributed by atoms with E-state index in [1.165, 1.54) is 32.4 Å². The molecule has 3 aromatic carbocycles. The van der Waals surface area contributed by atoms with Gasteiger partial charge in [-0.2, -0.15) is 0 Å². The first-order valence-corrected chi connectivity index (χ1v) is 12.1. The Morgan fingerprint density at radius 3 is 2.29 bits per heavy atom. The molecule has 0 saturated heterocycles. The largest absolute Gasteiger partial charge is 0.497 e. The van der Waals surface area contributed by atoms with Crippen LogP contribution in [-0.2, 0) is 14.8 Å². The van der Waals surface area contributed by atoms with Gasteiger partial charge in [0.1, 0.15) is 22.2 Å². The molecule has 2 N–H and O–H groups in total. The Balaban J connectivity index is 1.95. The van der Waals surface area contributed by atoms with Gasteiger partial charge in [0.05, 0.1) is 43.8 Å². The fraction of sp³-hybridized carbons (Fsp3) is 0.130. The molecule has 3 rings (SSSR count). The second-order valence-corrected chi connectivity index (χ2v) is 9.43. The Morgan fingerprint density at radius 1 is 0.914 bits per heavy atom. The summed E-state index contributed by atoms with van der Waals surface area (Å²) in [7, 11) is -0.408. The molecule has 0 aliphatic carbocycles. The molecule has 0 saturated carbocycles. The molecule has 0 atom stereocenters. The van der Waals surface area contributed by atoms with Crippen LogP contribution in [0.25, 0.3) is 0 Å². The normalized spacial score (nSPS) is 10.9. The molecule has 3 aromatic rings. The predicted molar refractivity (Wildman–Crippen MR) is 130 cm³/mol. The van der Waals surface area contributed by atoms with Crippen molar-refractivity contribution in [3.05, 3.63) is 76.0 Å². The first-order valence-electron chi connectivity index (χ1n) is 9.83. The number of methoxy groups -OCH3 is 3. The molecule has 0 bridgehead atoms. The maximum atomic E-state index is 14.2. The molecular weight excluding hydrogens is 547 g/mol. The number of hydrogen-bond donors (Lipinski definition) is 2. The van der Waals surface area contributed by atoms with Gasteiger partial charge in [-0.3, -0.25) is 9.52 Å². The number of carbonyl (C=O) groups is 2. The molecule has 0 heterocycles. The summed E-state index contributed by atoms with van der Waals surface area (Å²) in [5.41, 5.74) is -0.276. The average molecular weight is 567 g/mol. The lowest BCUT2D eigenvalue weighted by Gasteiger charge is -2.15. The SMILES string of the molecule is COC(=O)c1cc(S(=O)(=O)Nc2ccccc2C(=O)Nc2ccc(OC)cc2OC)c(Br)cc1F. The summed E-state index contributed by atoms with van der Waals surface area (Å²) in [5, 5.41) is 2.67. The summed E-state index contributed by atoms with van der Waals surface area (Å²) in [6.45, 7) is 0. The highest BCUT2D eigenvalue weighted by atomic mass is 79.9. The van der Waals surface area contributed by atoms with E-state index in [0.717, 1.165) is 19.2 Å². The van der Waals surface area contributed by atoms with Crippen molar-refractivity contribution in [1.29, 1.82) is 0 Å². The third-order valence-corrected chi connectivity index (χ3v) is 7.11. The number of anilines is 2. The van der Waals surface area contributed by atoms with Gasteiger partial charge in [-0.15, -0.1) is 0 Å². The van der Waals surface area contributed by atoms with Crippen molar-refractivity contribution < 1.29 is 36.6 Å². The summed E-state index contributed by atoms with van der Waals surface area (Å²) >= 11 is 3.01. The van der Waals surface area contributed by atoms with Crippen LogP contribution in [0.1, 0.15) is 20.7 Å². The standard InChI is InChI=1S/C23H20BrFN2O7S/c1-32-13-8-9-19(20(10-13)33-2)26-22(28)14-6-4-5-7-18(14)27-35(30,31)21-11-15(23(29)34-3)17(25)12-16(21)24/h4-12,27H,1-3H3,(H,26,28). The molecule has 0 aliphatic heterocycles. The van der Waals surface area contributed by atoms with Crippen LogP contribution < -0.4 is 19.5 Å². The highest BCUT2D eigenvalue weighted by Crippen LogP contribution is 2.31. The van der Waals surface area contributed by atoms with Gasteiger partial charge in [0, 0.05) is 10.5 Å². The third kappa shape index (κ3) is 5.72. The minimum Gasteiger partial charge on any atom is -0.497 e. The molecule has 0 aromatic heterocycles. The van der Waals surface area contributed by atoms with Crippen LogP contribution in [0.3, 0.4) is 0 Å². The van der Waals surface area contributed by atoms with Crippen LogP contribution in [0.5, 0.6) is 11.5 Å². The minimum atomic E-state index is -4.37. The Kier molecular flexibility index (Phi) is 7.97. The molecule has 1 amide bonds. The van der Waals surface area contributed by atoms with Gasteiger partial charge in [-0.25, -0.2) is 17.6 Å². The zero-order valence-electron chi connectivity index (χ0n) is 18.7. The predicted octanol–water partition coefficient (Wildman–Crippen LogP) is 4.45. The quantitative estimate of drug-likeness (QED) is 0.386. The Hall–Kier alpha value is -3.64. The second kappa shape index (κ2) is 10.7. The topological polar surface area (TPSA) is 120 Å². The molecule has 0 aliphatic rings. The van der Waals surface area contributed by atoms with E-state index in [2.05, 4.69) is 30.7 Å². The summed E-state index contributed by atoms with van der Waals surface area (Å²) < 4.78 is 57.5. The van der Waals surface area contributed by atoms with E-state index in [4.69, 9.17) is 9.47 Å². The number of benzene rings is 3. The smallest absolute Gasteiger partial charge is 0.340 e. The Labute approximate surface area is 209 Å². The molecule has 9 nitrogen and oxygen atoms in total. The Bertz CT molecular complexity index is 1400. The van der Waals surface area contributed by atoms with E-state index >= 15 is 0 Å². The molecule has 0 fully saturated rings. The zero-order chi connectivity index (χ0) is 25.8. The number of amides is 1. The zero-order valence-corrected chi connectivity index (χ0v) is 21.1. The number of ether oxygens (including phenoxy) is 3. The van der Waals surface area contributed by atoms with Crippen molar-refractivity contribution in [2.24, 2.45) is 0 Å². The number of sulfonamides is 1. The number of rotatable bonds is 8. The second-order valence-electron chi connectivity index (χ2n) is 6.93. The molecule has 0 spiro atoms. The van der Waals surface area contributed by atoms with E-state index in [0.29, 0.717) is 17.2 Å². The van der Waals surface area contributed by atoms with Crippen molar-refractivity contribution in [3.63, 3.8) is 0 Å². The van der Waals surface area contributed by atoms with E-state index in [1.807, 2.05) is 0 Å². The number of hydrogen-bond acceptors (Lipinski definition) is 7. The molecule has 0 unspecified atom stereocenters. The molecule has 0 radical (unpaired) electrons. The van der Waals surface area contributed by atoms with Gasteiger partial charge in [-0.1, -0.05) is 12.1 Å². The summed E-state index contributed by atoms with van der Waals surface area (Å²) in [6.07, 6.45) is 0. The monoisotopic (exact) mass is 566 g/mol. The highest BCUT2D eigenvalue weighted by molar-refractivity contribution is 9.10. The van der Waals surface area contributed by atoms with Crippen LogP contribution in [0.15, 0.2) is 64.0 Å². The van der Waals surface area contributed by atoms with Crippen molar-refractivity contribution >= 4 is 49.2 Å². The first kappa shape index (κ1) is 26.0. The summed E-state index contributed by atoms with van der Waals surface area (Å²) in [5.74, 6) is -1.78. The van der Waals surface area contributed by atoms with Gasteiger partial charge >= 0.3 is 5.97 Å². The van der Waals surface area contributed by atoms with Crippen LogP contribution in [0.2, 0.25) is 0 Å². The number of carbonyl (C=O) groups excluding carboxylic acids is 2. The van der Waals surface area contributed by atoms with Crippen LogP contribution >= 0.6 is 15.9 Å². The van der Waals surface area contributed by atoms with Crippen molar-refractivity contribution in [2.75, 3.05) is 31.4 Å². The number of halogens is 2. The van der Waals surface area contributed by atoms with Gasteiger partial charge < -0.3 is 19.5 Å². The lowest BCUT2D eigenvalue weighted by Crippen LogP contribution is -2.20. The van der Waals surface area contributed by atoms with Crippen molar-refractivity contribution in [2.45, 2.75) is 4.90 Å². The van der Waals surface area contributed by atoms with E-state index in [-0.39, 0.29) is 15.7 Å². The third-order valence-electron chi connectivity index (χ3n) is 4.79. The van der Waals surface area contributed by atoms with E-state index in [9.17, 15) is 22.4 Å². The van der Waals surface area contributed by atoms with Crippen LogP contribution in [-0.4, -0.2) is 41.6 Å². The van der Waals surface area contributed by atoms with Gasteiger partial charge in [0.15, 0.2) is 0 Å². The van der Waals surface area contributed by atoms with E-state index < -0.39 is 38.2 Å². The minimum absolute atomic E-state index is 0.000344. The number of para-hydroxylation sites is 1. The maximum Gasteiger partial charge on any atom is 0.340 e. The van der Waals surface area contributed by atoms with E-state index in [1.54, 1.807) is 24.3 Å². The molecular formula is C23H20BrFN2O7S. The lowest BCUT2D eigenvalue weighted by molar-refractivity contribution is 0.0595. The number of esters is 1. The molecule has 12 heteroatoms. The molecule has 184 valence electrons. The number of nitrogens with one attached hydrogen (secondary N) is 2. The lowest BCUT2D eigenvalue weighted by atomic mass is 10.1. The van der Waals surface area contributed by atoms with Crippen molar-refractivity contribution in [3.8, 4) is 11.5 Å². The van der Waals surface area contributed by atoms with Gasteiger partial charge in [-0.05, 0) is 52.3 Å². The first-order chi connectivity index (χ1) is 16.6. The summed E-state index contributed by atoms with van der Waals surface area (Å²) in [6, 6.07) is 12.4. The van der Waals surface area contributed by atoms with Gasteiger partial charge in [0.2, 0.25) is 0 Å². The molecule has 35 heavy (non-hydrogen) atoms. The average Bonchev–Trinajstić information content (AvgIpc) is 2.83. The fourth-order valence-electron chi connectivity index (χ4n) is 3.06. The highest BCUT2D eigenvalue weighted by Gasteiger charge is 2.25. The van der Waals surface area contributed by atoms with Gasteiger partial charge in [0.25, 0.3) is 15.9 Å². The Morgan fingerprint density at radius 2 is 1.63 bits per heavy atom. The summed E-state index contributed by atoms with van der Waals surface area (Å²) in [4.78, 5) is 24.4. The fourth-order valence-corrected chi connectivity index (χ4v) is 5.18. The van der Waals surface area contributed by atoms with Crippen LogP contribution in [0.4, 0.5) is 15.8 Å².